The minimum Gasteiger partial charge on any atom is -0.379 e. The second-order valence-corrected chi connectivity index (χ2v) is 9.68. The van der Waals surface area contributed by atoms with Crippen molar-refractivity contribution in [3.8, 4) is 0 Å². The fourth-order valence-electron chi connectivity index (χ4n) is 2.78. The van der Waals surface area contributed by atoms with Gasteiger partial charge in [-0.05, 0) is 43.7 Å². The summed E-state index contributed by atoms with van der Waals surface area (Å²) >= 11 is 1.34. The van der Waals surface area contributed by atoms with Crippen molar-refractivity contribution in [3.05, 3.63) is 48.2 Å². The van der Waals surface area contributed by atoms with Crippen LogP contribution >= 0.6 is 11.8 Å². The summed E-state index contributed by atoms with van der Waals surface area (Å²) in [5.41, 5.74) is 1.09. The predicted molar refractivity (Wildman–Crippen MR) is 109 cm³/mol. The van der Waals surface area contributed by atoms with E-state index in [9.17, 15) is 13.2 Å². The van der Waals surface area contributed by atoms with Gasteiger partial charge in [0, 0.05) is 25.0 Å². The average Bonchev–Trinajstić information content (AvgIpc) is 2.70. The Morgan fingerprint density at radius 2 is 2.00 bits per heavy atom. The van der Waals surface area contributed by atoms with Crippen molar-refractivity contribution in [3.63, 3.8) is 0 Å². The van der Waals surface area contributed by atoms with Crippen LogP contribution in [-0.4, -0.2) is 55.2 Å². The standard InChI is InChI=1S/C19H23N3O4S2/c1-14-6-7-16(13-17(14)28(24,25)22-9-11-26-12-10-22)21-19(23)15(2)27-18-5-3-4-8-20-18/h3-8,13,15H,9-12H2,1-2H3,(H,21,23)/t15-/m0/s1. The van der Waals surface area contributed by atoms with Gasteiger partial charge in [0.2, 0.25) is 15.9 Å². The molecule has 1 saturated heterocycles. The predicted octanol–water partition coefficient (Wildman–Crippen LogP) is 2.53. The maximum absolute atomic E-state index is 13.0. The lowest BCUT2D eigenvalue weighted by Gasteiger charge is -2.27. The number of sulfonamides is 1. The van der Waals surface area contributed by atoms with Gasteiger partial charge in [-0.3, -0.25) is 4.79 Å². The van der Waals surface area contributed by atoms with Crippen LogP contribution in [0.2, 0.25) is 0 Å². The third kappa shape index (κ3) is 4.91. The number of anilines is 1. The summed E-state index contributed by atoms with van der Waals surface area (Å²) in [7, 11) is -3.63. The number of carbonyl (C=O) groups excluding carboxylic acids is 1. The van der Waals surface area contributed by atoms with Gasteiger partial charge in [-0.2, -0.15) is 4.31 Å². The number of nitrogens with zero attached hydrogens (tertiary/aromatic N) is 2. The summed E-state index contributed by atoms with van der Waals surface area (Å²) in [6, 6.07) is 10.5. The molecular formula is C19H23N3O4S2. The number of rotatable bonds is 6. The fourth-order valence-corrected chi connectivity index (χ4v) is 5.24. The van der Waals surface area contributed by atoms with Crippen LogP contribution in [0, 0.1) is 6.92 Å². The molecule has 7 nitrogen and oxygen atoms in total. The summed E-state index contributed by atoms with van der Waals surface area (Å²) in [4.78, 5) is 16.9. The molecule has 9 heteroatoms. The highest BCUT2D eigenvalue weighted by Gasteiger charge is 2.28. The number of pyridine rings is 1. The van der Waals surface area contributed by atoms with Gasteiger partial charge in [0.15, 0.2) is 0 Å². The maximum atomic E-state index is 13.0. The first-order valence-corrected chi connectivity index (χ1v) is 11.3. The Morgan fingerprint density at radius 1 is 1.25 bits per heavy atom. The molecule has 0 saturated carbocycles. The molecule has 0 bridgehead atoms. The molecule has 3 rings (SSSR count). The van der Waals surface area contributed by atoms with E-state index in [-0.39, 0.29) is 16.1 Å². The van der Waals surface area contributed by atoms with E-state index in [0.717, 1.165) is 5.03 Å². The van der Waals surface area contributed by atoms with Crippen molar-refractivity contribution in [1.82, 2.24) is 9.29 Å². The van der Waals surface area contributed by atoms with Crippen LogP contribution in [0.3, 0.4) is 0 Å². The Labute approximate surface area is 169 Å². The van der Waals surface area contributed by atoms with E-state index in [4.69, 9.17) is 4.74 Å². The highest BCUT2D eigenvalue weighted by molar-refractivity contribution is 8.00. The van der Waals surface area contributed by atoms with Crippen molar-refractivity contribution in [2.75, 3.05) is 31.6 Å². The molecule has 1 aromatic heterocycles. The number of thioether (sulfide) groups is 1. The van der Waals surface area contributed by atoms with Crippen molar-refractivity contribution in [1.29, 1.82) is 0 Å². The van der Waals surface area contributed by atoms with E-state index in [1.165, 1.54) is 22.1 Å². The van der Waals surface area contributed by atoms with Gasteiger partial charge in [-0.15, -0.1) is 0 Å². The minimum atomic E-state index is -3.63. The minimum absolute atomic E-state index is 0.206. The first-order valence-electron chi connectivity index (χ1n) is 8.95. The molecule has 1 N–H and O–H groups in total. The molecule has 2 aromatic rings. The van der Waals surface area contributed by atoms with Crippen molar-refractivity contribution < 1.29 is 17.9 Å². The Kier molecular flexibility index (Phi) is 6.71. The smallest absolute Gasteiger partial charge is 0.243 e. The number of aromatic nitrogens is 1. The number of hydrogen-bond acceptors (Lipinski definition) is 6. The lowest BCUT2D eigenvalue weighted by molar-refractivity contribution is -0.115. The zero-order chi connectivity index (χ0) is 20.1. The molecule has 1 fully saturated rings. The second-order valence-electron chi connectivity index (χ2n) is 6.41. The van der Waals surface area contributed by atoms with E-state index < -0.39 is 10.0 Å². The van der Waals surface area contributed by atoms with Crippen LogP contribution in [0.25, 0.3) is 0 Å². The zero-order valence-corrected chi connectivity index (χ0v) is 17.4. The molecule has 0 unspecified atom stereocenters. The number of amides is 1. The summed E-state index contributed by atoms with van der Waals surface area (Å²) in [5, 5.41) is 3.18. The Morgan fingerprint density at radius 3 is 2.68 bits per heavy atom. The van der Waals surface area contributed by atoms with Crippen LogP contribution in [0.1, 0.15) is 12.5 Å². The van der Waals surface area contributed by atoms with Gasteiger partial charge in [-0.1, -0.05) is 23.9 Å². The molecular weight excluding hydrogens is 398 g/mol. The normalized spacial score (nSPS) is 16.5. The van der Waals surface area contributed by atoms with Crippen molar-refractivity contribution in [2.24, 2.45) is 0 Å². The lowest BCUT2D eigenvalue weighted by Crippen LogP contribution is -2.40. The van der Waals surface area contributed by atoms with Gasteiger partial charge >= 0.3 is 0 Å². The Bertz CT molecular complexity index is 929. The molecule has 1 aliphatic rings. The largest absolute Gasteiger partial charge is 0.379 e. The summed E-state index contributed by atoms with van der Waals surface area (Å²) in [5.74, 6) is -0.214. The van der Waals surface area contributed by atoms with E-state index >= 15 is 0 Å². The third-order valence-corrected chi connectivity index (χ3v) is 7.44. The SMILES string of the molecule is Cc1ccc(NC(=O)[C@H](C)Sc2ccccn2)cc1S(=O)(=O)N1CCOCC1. The number of benzene rings is 1. The summed E-state index contributed by atoms with van der Waals surface area (Å²) in [6.45, 7) is 4.97. The van der Waals surface area contributed by atoms with Crippen LogP contribution in [0.5, 0.6) is 0 Å². The Balaban J connectivity index is 1.74. The number of hydrogen-bond donors (Lipinski definition) is 1. The van der Waals surface area contributed by atoms with Crippen LogP contribution in [-0.2, 0) is 19.6 Å². The summed E-state index contributed by atoms with van der Waals surface area (Å²) < 4.78 is 32.6. The van der Waals surface area contributed by atoms with E-state index in [0.29, 0.717) is 37.6 Å². The highest BCUT2D eigenvalue weighted by atomic mass is 32.2. The van der Waals surface area contributed by atoms with Crippen molar-refractivity contribution >= 4 is 33.4 Å². The Hall–Kier alpha value is -1.94. The summed E-state index contributed by atoms with van der Waals surface area (Å²) in [6.07, 6.45) is 1.68. The molecule has 1 atom stereocenters. The van der Waals surface area contributed by atoms with Crippen molar-refractivity contribution in [2.45, 2.75) is 29.0 Å². The van der Waals surface area contributed by atoms with E-state index in [1.807, 2.05) is 18.2 Å². The van der Waals surface area contributed by atoms with Gasteiger partial charge in [0.25, 0.3) is 0 Å². The number of ether oxygens (including phenoxy) is 1. The topological polar surface area (TPSA) is 88.6 Å². The number of carbonyl (C=O) groups is 1. The lowest BCUT2D eigenvalue weighted by atomic mass is 10.2. The molecule has 2 heterocycles. The van der Waals surface area contributed by atoms with Gasteiger partial charge < -0.3 is 10.1 Å². The molecule has 150 valence electrons. The maximum Gasteiger partial charge on any atom is 0.243 e. The molecule has 0 aliphatic carbocycles. The molecule has 0 radical (unpaired) electrons. The van der Waals surface area contributed by atoms with Crippen LogP contribution < -0.4 is 5.32 Å². The van der Waals surface area contributed by atoms with Gasteiger partial charge in [-0.25, -0.2) is 13.4 Å². The monoisotopic (exact) mass is 421 g/mol. The van der Waals surface area contributed by atoms with Crippen LogP contribution in [0.4, 0.5) is 5.69 Å². The van der Waals surface area contributed by atoms with E-state index in [2.05, 4.69) is 10.3 Å². The molecule has 0 spiro atoms. The molecule has 1 aliphatic heterocycles. The zero-order valence-electron chi connectivity index (χ0n) is 15.8. The third-order valence-electron chi connectivity index (χ3n) is 4.35. The quantitative estimate of drug-likeness (QED) is 0.721. The molecule has 1 aromatic carbocycles. The van der Waals surface area contributed by atoms with E-state index in [1.54, 1.807) is 32.2 Å². The number of nitrogens with one attached hydrogen (secondary N) is 1. The first-order chi connectivity index (χ1) is 13.4. The molecule has 1 amide bonds. The molecule has 28 heavy (non-hydrogen) atoms. The highest BCUT2D eigenvalue weighted by Crippen LogP contribution is 2.26. The fraction of sp³-hybridized carbons (Fsp3) is 0.368. The average molecular weight is 422 g/mol. The van der Waals surface area contributed by atoms with Gasteiger partial charge in [0.1, 0.15) is 0 Å². The number of aryl methyl sites for hydroxylation is 1. The number of morpholine rings is 1. The van der Waals surface area contributed by atoms with Crippen LogP contribution in [0.15, 0.2) is 52.5 Å². The first kappa shape index (κ1) is 20.8. The van der Waals surface area contributed by atoms with Gasteiger partial charge in [0.05, 0.1) is 28.4 Å². The second kappa shape index (κ2) is 9.04.